The quantitative estimate of drug-likeness (QED) is 0.611. The summed E-state index contributed by atoms with van der Waals surface area (Å²) in [4.78, 5) is 27.7. The van der Waals surface area contributed by atoms with E-state index in [2.05, 4.69) is 25.2 Å². The van der Waals surface area contributed by atoms with E-state index in [1.165, 1.54) is 0 Å². The summed E-state index contributed by atoms with van der Waals surface area (Å²) in [7, 11) is 0. The molecule has 1 amide bonds. The fraction of sp³-hybridized carbons (Fsp3) is 0.500. The molecular formula is C20H23N5O2S. The summed E-state index contributed by atoms with van der Waals surface area (Å²) in [6.45, 7) is 2.42. The van der Waals surface area contributed by atoms with E-state index >= 15 is 0 Å². The summed E-state index contributed by atoms with van der Waals surface area (Å²) in [5.74, 6) is 1.64. The standard InChI is InChI=1S/C20H23N5O2S/c1-28-19-22-8-5-17(24-19)25-11-15-14(16-4-6-20(15,12-25)27-16)10-23-18(26)13-3-2-7-21-9-13/h2-3,5,7-9,14-16H,4,6,10-12H2,1H3,(H,23,26)/t14-,15+,16+,20+/m0/s1. The van der Waals surface area contributed by atoms with Crippen molar-refractivity contribution in [3.05, 3.63) is 42.4 Å². The van der Waals surface area contributed by atoms with Crippen LogP contribution in [0.25, 0.3) is 0 Å². The number of nitrogens with zero attached hydrogens (tertiary/aromatic N) is 4. The Morgan fingerprint density at radius 2 is 2.36 bits per heavy atom. The molecule has 3 aliphatic heterocycles. The third-order valence-corrected chi connectivity index (χ3v) is 6.89. The normalized spacial score (nSPS) is 30.5. The average Bonchev–Trinajstić information content (AvgIpc) is 3.41. The van der Waals surface area contributed by atoms with Crippen LogP contribution in [-0.4, -0.2) is 58.5 Å². The topological polar surface area (TPSA) is 80.2 Å². The van der Waals surface area contributed by atoms with E-state index in [1.807, 2.05) is 18.5 Å². The second-order valence-corrected chi connectivity index (χ2v) is 8.54. The summed E-state index contributed by atoms with van der Waals surface area (Å²) in [5.41, 5.74) is 0.499. The Hall–Kier alpha value is -2.19. The highest BCUT2D eigenvalue weighted by atomic mass is 32.2. The minimum absolute atomic E-state index is 0.0693. The number of aromatic nitrogens is 3. The monoisotopic (exact) mass is 397 g/mol. The van der Waals surface area contributed by atoms with Gasteiger partial charge in [0, 0.05) is 50.1 Å². The molecule has 3 saturated heterocycles. The van der Waals surface area contributed by atoms with Gasteiger partial charge in [0.15, 0.2) is 5.16 Å². The van der Waals surface area contributed by atoms with Gasteiger partial charge in [0.1, 0.15) is 5.82 Å². The van der Waals surface area contributed by atoms with Gasteiger partial charge in [0.2, 0.25) is 0 Å². The number of carbonyl (C=O) groups is 1. The lowest BCUT2D eigenvalue weighted by Gasteiger charge is -2.29. The highest BCUT2D eigenvalue weighted by Gasteiger charge is 2.63. The maximum atomic E-state index is 12.4. The van der Waals surface area contributed by atoms with E-state index in [0.29, 0.717) is 23.9 Å². The Morgan fingerprint density at radius 1 is 1.43 bits per heavy atom. The van der Waals surface area contributed by atoms with Gasteiger partial charge in [-0.05, 0) is 37.3 Å². The van der Waals surface area contributed by atoms with E-state index in [1.54, 1.807) is 36.3 Å². The second kappa shape index (κ2) is 7.00. The molecule has 4 atom stereocenters. The van der Waals surface area contributed by atoms with Gasteiger partial charge in [0.25, 0.3) is 5.91 Å². The van der Waals surface area contributed by atoms with Gasteiger partial charge < -0.3 is 15.0 Å². The van der Waals surface area contributed by atoms with Gasteiger partial charge in [-0.2, -0.15) is 0 Å². The first-order chi connectivity index (χ1) is 13.7. The van der Waals surface area contributed by atoms with Crippen molar-refractivity contribution in [3.63, 3.8) is 0 Å². The maximum absolute atomic E-state index is 12.4. The van der Waals surface area contributed by atoms with Crippen LogP contribution in [0, 0.1) is 11.8 Å². The van der Waals surface area contributed by atoms with Gasteiger partial charge in [-0.25, -0.2) is 9.97 Å². The lowest BCUT2D eigenvalue weighted by Crippen LogP contribution is -2.41. The number of hydrogen-bond acceptors (Lipinski definition) is 7. The van der Waals surface area contributed by atoms with E-state index in [-0.39, 0.29) is 17.6 Å². The van der Waals surface area contributed by atoms with Gasteiger partial charge in [-0.1, -0.05) is 11.8 Å². The molecule has 0 aliphatic carbocycles. The lowest BCUT2D eigenvalue weighted by molar-refractivity contribution is 0.0141. The van der Waals surface area contributed by atoms with Crippen molar-refractivity contribution in [1.82, 2.24) is 20.3 Å². The molecule has 2 bridgehead atoms. The highest BCUT2D eigenvalue weighted by Crippen LogP contribution is 2.55. The number of thioether (sulfide) groups is 1. The van der Waals surface area contributed by atoms with Crippen molar-refractivity contribution in [2.75, 3.05) is 30.8 Å². The third-order valence-electron chi connectivity index (χ3n) is 6.33. The van der Waals surface area contributed by atoms with Crippen molar-refractivity contribution in [2.45, 2.75) is 29.7 Å². The number of hydrogen-bond donors (Lipinski definition) is 1. The predicted octanol–water partition coefficient (Wildman–Crippen LogP) is 2.01. The zero-order valence-corrected chi connectivity index (χ0v) is 16.6. The Balaban J connectivity index is 1.30. The summed E-state index contributed by atoms with van der Waals surface area (Å²) in [5, 5.41) is 3.89. The lowest BCUT2D eigenvalue weighted by atomic mass is 9.73. The molecule has 146 valence electrons. The van der Waals surface area contributed by atoms with Gasteiger partial charge in [0.05, 0.1) is 17.3 Å². The minimum atomic E-state index is -0.0984. The average molecular weight is 398 g/mol. The van der Waals surface area contributed by atoms with Gasteiger partial charge in [-0.15, -0.1) is 0 Å². The van der Waals surface area contributed by atoms with Crippen molar-refractivity contribution >= 4 is 23.5 Å². The SMILES string of the molecule is CSc1nccc(N2C[C@@H]3[C@H](CNC(=O)c4cccnc4)[C@H]4CC[C@]3(C2)O4)n1. The Bertz CT molecular complexity index is 882. The molecule has 8 heteroatoms. The number of anilines is 1. The first-order valence-corrected chi connectivity index (χ1v) is 10.9. The molecule has 0 radical (unpaired) electrons. The summed E-state index contributed by atoms with van der Waals surface area (Å²) < 4.78 is 6.49. The van der Waals surface area contributed by atoms with E-state index < -0.39 is 0 Å². The molecule has 0 saturated carbocycles. The van der Waals surface area contributed by atoms with Crippen LogP contribution < -0.4 is 10.2 Å². The number of pyridine rings is 1. The van der Waals surface area contributed by atoms with Crippen LogP contribution in [0.3, 0.4) is 0 Å². The Kier molecular flexibility index (Phi) is 4.47. The van der Waals surface area contributed by atoms with E-state index in [9.17, 15) is 4.79 Å². The fourth-order valence-electron chi connectivity index (χ4n) is 5.05. The molecule has 0 unspecified atom stereocenters. The van der Waals surface area contributed by atoms with Gasteiger partial charge in [-0.3, -0.25) is 9.78 Å². The maximum Gasteiger partial charge on any atom is 0.252 e. The molecule has 2 aromatic rings. The zero-order valence-electron chi connectivity index (χ0n) is 15.7. The first kappa shape index (κ1) is 17.9. The second-order valence-electron chi connectivity index (χ2n) is 7.76. The van der Waals surface area contributed by atoms with Crippen molar-refractivity contribution < 1.29 is 9.53 Å². The van der Waals surface area contributed by atoms with Crippen LogP contribution in [0.2, 0.25) is 0 Å². The van der Waals surface area contributed by atoms with Crippen LogP contribution in [-0.2, 0) is 4.74 Å². The summed E-state index contributed by atoms with van der Waals surface area (Å²) in [6.07, 6.45) is 9.49. The molecule has 1 spiro atoms. The number of nitrogens with one attached hydrogen (secondary N) is 1. The Morgan fingerprint density at radius 3 is 3.18 bits per heavy atom. The first-order valence-electron chi connectivity index (χ1n) is 9.66. The van der Waals surface area contributed by atoms with Crippen molar-refractivity contribution in [3.8, 4) is 0 Å². The fourth-order valence-corrected chi connectivity index (χ4v) is 5.41. The summed E-state index contributed by atoms with van der Waals surface area (Å²) in [6, 6.07) is 5.55. The van der Waals surface area contributed by atoms with Crippen LogP contribution in [0.5, 0.6) is 0 Å². The molecule has 5 rings (SSSR count). The van der Waals surface area contributed by atoms with Crippen LogP contribution in [0.1, 0.15) is 23.2 Å². The molecule has 3 aliphatic rings. The van der Waals surface area contributed by atoms with Gasteiger partial charge >= 0.3 is 0 Å². The van der Waals surface area contributed by atoms with Crippen LogP contribution in [0.15, 0.2) is 41.9 Å². The van der Waals surface area contributed by atoms with E-state index in [0.717, 1.165) is 36.9 Å². The molecule has 28 heavy (non-hydrogen) atoms. The molecule has 2 aromatic heterocycles. The molecule has 5 heterocycles. The van der Waals surface area contributed by atoms with Crippen LogP contribution in [0.4, 0.5) is 5.82 Å². The van der Waals surface area contributed by atoms with Crippen molar-refractivity contribution in [1.29, 1.82) is 0 Å². The molecule has 7 nitrogen and oxygen atoms in total. The number of rotatable bonds is 5. The number of amides is 1. The molecular weight excluding hydrogens is 374 g/mol. The zero-order chi connectivity index (χ0) is 19.1. The largest absolute Gasteiger partial charge is 0.369 e. The highest BCUT2D eigenvalue weighted by molar-refractivity contribution is 7.98. The smallest absolute Gasteiger partial charge is 0.252 e. The van der Waals surface area contributed by atoms with Crippen LogP contribution >= 0.6 is 11.8 Å². The van der Waals surface area contributed by atoms with Crippen molar-refractivity contribution in [2.24, 2.45) is 11.8 Å². The number of fused-ring (bicyclic) bond motifs is 1. The number of carbonyl (C=O) groups excluding carboxylic acids is 1. The van der Waals surface area contributed by atoms with E-state index in [4.69, 9.17) is 4.74 Å². The Labute approximate surface area is 168 Å². The summed E-state index contributed by atoms with van der Waals surface area (Å²) >= 11 is 1.55. The third kappa shape index (κ3) is 2.95. The minimum Gasteiger partial charge on any atom is -0.369 e. The molecule has 3 fully saturated rings. The number of ether oxygens (including phenoxy) is 1. The predicted molar refractivity (Wildman–Crippen MR) is 106 cm³/mol. The molecule has 0 aromatic carbocycles. The molecule has 1 N–H and O–H groups in total.